The van der Waals surface area contributed by atoms with Crippen molar-refractivity contribution < 1.29 is 28.5 Å². The minimum atomic E-state index is -0.619. The van der Waals surface area contributed by atoms with Crippen LogP contribution in [0.3, 0.4) is 0 Å². The van der Waals surface area contributed by atoms with E-state index in [1.807, 2.05) is 24.7 Å². The monoisotopic (exact) mass is 588 g/mol. The average molecular weight is 589 g/mol. The van der Waals surface area contributed by atoms with E-state index in [4.69, 9.17) is 18.9 Å². The molecular formula is C36H60O6. The summed E-state index contributed by atoms with van der Waals surface area (Å²) >= 11 is 0. The first-order chi connectivity index (χ1) is 20.4. The van der Waals surface area contributed by atoms with E-state index in [0.29, 0.717) is 0 Å². The topological polar surface area (TPSA) is 71.1 Å². The molecule has 0 saturated heterocycles. The van der Waals surface area contributed by atoms with Crippen molar-refractivity contribution in [2.24, 2.45) is 0 Å². The first-order valence-corrected chi connectivity index (χ1v) is 16.4. The van der Waals surface area contributed by atoms with E-state index in [2.05, 4.69) is 53.7 Å². The molecule has 0 bridgehead atoms. The number of allylic oxidation sites excluding steroid dienone is 4. The number of hydrogen-bond donors (Lipinski definition) is 0. The molecule has 0 radical (unpaired) electrons. The molecule has 6 heteroatoms. The van der Waals surface area contributed by atoms with Gasteiger partial charge in [0.1, 0.15) is 25.4 Å². The lowest BCUT2D eigenvalue weighted by atomic mass is 10.1. The molecule has 0 aliphatic heterocycles. The van der Waals surface area contributed by atoms with Gasteiger partial charge in [-0.2, -0.15) is 0 Å². The molecule has 0 amide bonds. The SMILES string of the molecule is CCCCC=CC(COC(=O)/C=C\C(=O)OCC(C=CCCCC)OC=C(CC)CCCC)OC=C(CC)CCCC. The highest BCUT2D eigenvalue weighted by Gasteiger charge is 2.11. The molecule has 240 valence electrons. The lowest BCUT2D eigenvalue weighted by Crippen LogP contribution is -2.19. The van der Waals surface area contributed by atoms with Crippen LogP contribution in [0.5, 0.6) is 0 Å². The van der Waals surface area contributed by atoms with Crippen LogP contribution in [-0.2, 0) is 28.5 Å². The van der Waals surface area contributed by atoms with E-state index >= 15 is 0 Å². The molecule has 0 saturated carbocycles. The van der Waals surface area contributed by atoms with Crippen LogP contribution in [0.15, 0.2) is 60.1 Å². The Hall–Kier alpha value is -2.76. The van der Waals surface area contributed by atoms with Gasteiger partial charge in [-0.3, -0.25) is 0 Å². The van der Waals surface area contributed by atoms with Gasteiger partial charge in [0.15, 0.2) is 0 Å². The highest BCUT2D eigenvalue weighted by Crippen LogP contribution is 2.14. The number of ether oxygens (including phenoxy) is 4. The van der Waals surface area contributed by atoms with Crippen molar-refractivity contribution in [1.82, 2.24) is 0 Å². The van der Waals surface area contributed by atoms with Gasteiger partial charge in [-0.15, -0.1) is 0 Å². The molecule has 0 N–H and O–H groups in total. The fourth-order valence-corrected chi connectivity index (χ4v) is 3.79. The minimum absolute atomic E-state index is 0.0602. The summed E-state index contributed by atoms with van der Waals surface area (Å²) in [5, 5.41) is 0. The molecule has 0 aliphatic rings. The Morgan fingerprint density at radius 1 is 0.571 bits per heavy atom. The van der Waals surface area contributed by atoms with E-state index in [1.54, 1.807) is 0 Å². The molecule has 0 aromatic carbocycles. The molecular weight excluding hydrogens is 528 g/mol. The Morgan fingerprint density at radius 3 is 1.29 bits per heavy atom. The van der Waals surface area contributed by atoms with Gasteiger partial charge in [0.25, 0.3) is 0 Å². The molecule has 42 heavy (non-hydrogen) atoms. The maximum absolute atomic E-state index is 12.3. The zero-order chi connectivity index (χ0) is 31.3. The summed E-state index contributed by atoms with van der Waals surface area (Å²) in [7, 11) is 0. The minimum Gasteiger partial charge on any atom is -0.490 e. The van der Waals surface area contributed by atoms with Crippen LogP contribution in [0, 0.1) is 0 Å². The van der Waals surface area contributed by atoms with Crippen LogP contribution in [0.4, 0.5) is 0 Å². The lowest BCUT2D eigenvalue weighted by Gasteiger charge is -2.15. The van der Waals surface area contributed by atoms with Crippen molar-refractivity contribution in [3.63, 3.8) is 0 Å². The highest BCUT2D eigenvalue weighted by molar-refractivity contribution is 5.91. The van der Waals surface area contributed by atoms with E-state index in [-0.39, 0.29) is 25.4 Å². The van der Waals surface area contributed by atoms with E-state index in [0.717, 1.165) is 102 Å². The van der Waals surface area contributed by atoms with Crippen molar-refractivity contribution in [2.75, 3.05) is 13.2 Å². The summed E-state index contributed by atoms with van der Waals surface area (Å²) in [4.78, 5) is 24.7. The largest absolute Gasteiger partial charge is 0.490 e. The summed E-state index contributed by atoms with van der Waals surface area (Å²) in [6.45, 7) is 13.0. The van der Waals surface area contributed by atoms with Crippen LogP contribution in [-0.4, -0.2) is 37.4 Å². The normalized spacial score (nSPS) is 14.0. The third-order valence-corrected chi connectivity index (χ3v) is 6.72. The van der Waals surface area contributed by atoms with Crippen molar-refractivity contribution >= 4 is 11.9 Å². The fourth-order valence-electron chi connectivity index (χ4n) is 3.79. The predicted molar refractivity (Wildman–Crippen MR) is 174 cm³/mol. The predicted octanol–water partition coefficient (Wildman–Crippen LogP) is 9.86. The number of unbranched alkanes of at least 4 members (excludes halogenated alkanes) is 6. The molecule has 0 heterocycles. The van der Waals surface area contributed by atoms with Gasteiger partial charge in [0.05, 0.1) is 12.5 Å². The summed E-state index contributed by atoms with van der Waals surface area (Å²) in [5.74, 6) is -1.24. The molecule has 0 fully saturated rings. The lowest BCUT2D eigenvalue weighted by molar-refractivity contribution is -0.142. The molecule has 0 aromatic heterocycles. The summed E-state index contributed by atoms with van der Waals surface area (Å²) < 4.78 is 22.7. The number of hydrogen-bond acceptors (Lipinski definition) is 6. The molecule has 0 aliphatic carbocycles. The Morgan fingerprint density at radius 2 is 0.952 bits per heavy atom. The molecule has 0 spiro atoms. The van der Waals surface area contributed by atoms with Gasteiger partial charge < -0.3 is 18.9 Å². The Bertz CT molecular complexity index is 768. The second-order valence-electron chi connectivity index (χ2n) is 10.5. The first kappa shape index (κ1) is 39.2. The van der Waals surface area contributed by atoms with Crippen molar-refractivity contribution in [3.05, 3.63) is 60.1 Å². The fraction of sp³-hybridized carbons (Fsp3) is 0.667. The van der Waals surface area contributed by atoms with Gasteiger partial charge in [0, 0.05) is 12.2 Å². The molecule has 0 rings (SSSR count). The summed E-state index contributed by atoms with van der Waals surface area (Å²) in [5.41, 5.74) is 2.48. The number of carbonyl (C=O) groups is 2. The Labute approximate surface area is 257 Å². The van der Waals surface area contributed by atoms with Crippen LogP contribution in [0.1, 0.15) is 131 Å². The number of rotatable bonds is 26. The van der Waals surface area contributed by atoms with E-state index < -0.39 is 11.9 Å². The Kier molecular flexibility index (Phi) is 26.5. The third-order valence-electron chi connectivity index (χ3n) is 6.72. The van der Waals surface area contributed by atoms with Crippen molar-refractivity contribution in [3.8, 4) is 0 Å². The first-order valence-electron chi connectivity index (χ1n) is 16.4. The molecule has 0 aromatic rings. The van der Waals surface area contributed by atoms with Crippen LogP contribution < -0.4 is 0 Å². The maximum Gasteiger partial charge on any atom is 0.331 e. The van der Waals surface area contributed by atoms with Crippen LogP contribution in [0.25, 0.3) is 0 Å². The third kappa shape index (κ3) is 22.9. The van der Waals surface area contributed by atoms with E-state index in [9.17, 15) is 9.59 Å². The zero-order valence-corrected chi connectivity index (χ0v) is 27.5. The van der Waals surface area contributed by atoms with Crippen LogP contribution >= 0.6 is 0 Å². The van der Waals surface area contributed by atoms with Gasteiger partial charge >= 0.3 is 11.9 Å². The number of esters is 2. The second-order valence-corrected chi connectivity index (χ2v) is 10.5. The maximum atomic E-state index is 12.3. The second kappa shape index (κ2) is 28.4. The number of carbonyl (C=O) groups excluding carboxylic acids is 2. The van der Waals surface area contributed by atoms with Gasteiger partial charge in [-0.1, -0.05) is 92.2 Å². The van der Waals surface area contributed by atoms with Crippen molar-refractivity contribution in [1.29, 1.82) is 0 Å². The molecule has 2 unspecified atom stereocenters. The van der Waals surface area contributed by atoms with Crippen molar-refractivity contribution in [2.45, 2.75) is 144 Å². The summed E-state index contributed by atoms with van der Waals surface area (Å²) in [6.07, 6.45) is 27.7. The van der Waals surface area contributed by atoms with Gasteiger partial charge in [-0.25, -0.2) is 9.59 Å². The van der Waals surface area contributed by atoms with Gasteiger partial charge in [0.2, 0.25) is 0 Å². The Balaban J connectivity index is 5.04. The quantitative estimate of drug-likeness (QED) is 0.0329. The highest BCUT2D eigenvalue weighted by atomic mass is 16.6. The van der Waals surface area contributed by atoms with Gasteiger partial charge in [-0.05, 0) is 74.7 Å². The zero-order valence-electron chi connectivity index (χ0n) is 27.5. The van der Waals surface area contributed by atoms with Crippen LogP contribution in [0.2, 0.25) is 0 Å². The average Bonchev–Trinajstić information content (AvgIpc) is 3.00. The van der Waals surface area contributed by atoms with E-state index in [1.165, 1.54) is 11.1 Å². The smallest absolute Gasteiger partial charge is 0.331 e. The standard InChI is InChI=1S/C36H60O6/c1-7-13-17-19-23-33(39-27-31(11-5)21-15-9-3)29-41-35(37)25-26-36(38)42-30-34(24-20-18-14-8-2)40-28-32(12-6)22-16-10-4/h19-20,23-28,33-34H,7-18,21-22,29-30H2,1-6H3/b23-19?,24-20?,26-25-,31-27?,32-28?. The summed E-state index contributed by atoms with van der Waals surface area (Å²) in [6, 6.07) is 0. The molecule has 6 nitrogen and oxygen atoms in total. The molecule has 2 atom stereocenters.